The van der Waals surface area contributed by atoms with Crippen molar-refractivity contribution in [2.45, 2.75) is 38.3 Å². The molecular formula is C16H19NO3. The predicted octanol–water partition coefficient (Wildman–Crippen LogP) is 2.92. The fourth-order valence-electron chi connectivity index (χ4n) is 2.71. The van der Waals surface area contributed by atoms with Crippen LogP contribution in [0, 0.1) is 17.2 Å². The number of hydrogen-bond donors (Lipinski definition) is 0. The van der Waals surface area contributed by atoms with Crippen LogP contribution in [0.5, 0.6) is 0 Å². The molecule has 3 saturated heterocycles. The minimum Gasteiger partial charge on any atom is -0.323 e. The van der Waals surface area contributed by atoms with Crippen LogP contribution in [-0.2, 0) is 20.2 Å². The highest BCUT2D eigenvalue weighted by Crippen LogP contribution is 2.43. The first kappa shape index (κ1) is 12.3. The van der Waals surface area contributed by atoms with Gasteiger partial charge < -0.3 is 14.2 Å². The van der Waals surface area contributed by atoms with Crippen LogP contribution in [0.1, 0.15) is 38.7 Å². The molecule has 0 N–H and O–H groups in total. The number of fused-ring (bicyclic) bond motifs is 3. The van der Waals surface area contributed by atoms with Crippen molar-refractivity contribution in [3.05, 3.63) is 35.4 Å². The monoisotopic (exact) mass is 275 g/mol. The van der Waals surface area contributed by atoms with Crippen molar-refractivity contribution in [2.75, 3.05) is 13.2 Å². The summed E-state index contributed by atoms with van der Waals surface area (Å²) in [4.78, 5) is 0. The first-order valence-corrected chi connectivity index (χ1v) is 7.15. The summed E-state index contributed by atoms with van der Waals surface area (Å²) in [7, 11) is 0. The molecule has 106 valence electrons. The second kappa shape index (κ2) is 5.53. The summed E-state index contributed by atoms with van der Waals surface area (Å²) in [5.41, 5.74) is 0.994. The number of nitriles is 1. The molecule has 1 unspecified atom stereocenters. The molecule has 3 fully saturated rings. The van der Waals surface area contributed by atoms with Crippen molar-refractivity contribution in [3.63, 3.8) is 0 Å². The third kappa shape index (κ3) is 2.33. The molecule has 1 aromatic carbocycles. The van der Waals surface area contributed by atoms with Crippen LogP contribution in [0.25, 0.3) is 0 Å². The summed E-state index contributed by atoms with van der Waals surface area (Å²) in [6, 6.07) is 7.12. The Morgan fingerprint density at radius 2 is 2.20 bits per heavy atom. The predicted molar refractivity (Wildman–Crippen MR) is 72.6 cm³/mol. The van der Waals surface area contributed by atoms with E-state index in [0.717, 1.165) is 19.3 Å². The lowest BCUT2D eigenvalue weighted by Crippen LogP contribution is -2.56. The van der Waals surface area contributed by atoms with E-state index < -0.39 is 5.97 Å². The lowest BCUT2D eigenvalue weighted by atomic mass is 9.95. The number of benzene rings is 1. The molecule has 0 amide bonds. The standard InChI is InChI=1S/C16H19NO3/c1-2-3-4-15-13-10-18-16(20-15,19-11-13)14-7-5-12(9-17)6-8-14/h5-8,13,15H,2-4,10-11H2,1H3/i7T. The van der Waals surface area contributed by atoms with Crippen LogP contribution >= 0.6 is 0 Å². The highest BCUT2D eigenvalue weighted by atomic mass is 16.9. The molecule has 0 radical (unpaired) electrons. The molecule has 4 heteroatoms. The van der Waals surface area contributed by atoms with Crippen LogP contribution in [0.2, 0.25) is 0 Å². The SMILES string of the molecule is [3H]c1cc(C#N)ccc1C12OCC(CO1)C(CCCC)O2. The van der Waals surface area contributed by atoms with E-state index in [0.29, 0.717) is 24.3 Å². The Balaban J connectivity index is 1.88. The zero-order chi connectivity index (χ0) is 14.9. The van der Waals surface area contributed by atoms with E-state index in [-0.39, 0.29) is 18.1 Å². The number of nitrogens with zero attached hydrogens (tertiary/aromatic N) is 1. The van der Waals surface area contributed by atoms with E-state index in [1.165, 1.54) is 6.07 Å². The van der Waals surface area contributed by atoms with Gasteiger partial charge in [0.2, 0.25) is 0 Å². The summed E-state index contributed by atoms with van der Waals surface area (Å²) in [5.74, 6) is -0.996. The molecule has 4 rings (SSSR count). The van der Waals surface area contributed by atoms with Gasteiger partial charge in [-0.3, -0.25) is 0 Å². The number of hydrogen-bond acceptors (Lipinski definition) is 4. The van der Waals surface area contributed by atoms with Gasteiger partial charge in [-0.25, -0.2) is 0 Å². The zero-order valence-corrected chi connectivity index (χ0v) is 11.6. The molecule has 2 bridgehead atoms. The summed E-state index contributed by atoms with van der Waals surface area (Å²) >= 11 is 0. The van der Waals surface area contributed by atoms with Crippen molar-refractivity contribution in [2.24, 2.45) is 5.92 Å². The Hall–Kier alpha value is -1.41. The Kier molecular flexibility index (Phi) is 3.41. The fraction of sp³-hybridized carbons (Fsp3) is 0.562. The smallest absolute Gasteiger partial charge is 0.312 e. The molecule has 3 aliphatic rings. The van der Waals surface area contributed by atoms with E-state index in [4.69, 9.17) is 20.8 Å². The van der Waals surface area contributed by atoms with Crippen molar-refractivity contribution < 1.29 is 15.6 Å². The molecule has 0 saturated carbocycles. The normalized spacial score (nSPS) is 32.7. The van der Waals surface area contributed by atoms with E-state index in [9.17, 15) is 0 Å². The summed E-state index contributed by atoms with van der Waals surface area (Å²) in [6.45, 7) is 3.34. The van der Waals surface area contributed by atoms with Crippen LogP contribution in [0.4, 0.5) is 0 Å². The van der Waals surface area contributed by atoms with Crippen molar-refractivity contribution >= 4 is 0 Å². The topological polar surface area (TPSA) is 51.5 Å². The van der Waals surface area contributed by atoms with Crippen LogP contribution in [0.3, 0.4) is 0 Å². The minimum absolute atomic E-state index is 0.113. The maximum absolute atomic E-state index is 8.90. The molecule has 1 aromatic rings. The molecular weight excluding hydrogens is 254 g/mol. The molecule has 3 heterocycles. The highest BCUT2D eigenvalue weighted by molar-refractivity contribution is 5.33. The van der Waals surface area contributed by atoms with Gasteiger partial charge in [0.05, 0.1) is 32.3 Å². The van der Waals surface area contributed by atoms with Gasteiger partial charge in [0, 0.05) is 11.5 Å². The van der Waals surface area contributed by atoms with Crippen molar-refractivity contribution in [1.82, 2.24) is 0 Å². The summed E-state index contributed by atoms with van der Waals surface area (Å²) in [6.07, 6.45) is 3.34. The first-order chi connectivity index (χ1) is 10.2. The maximum Gasteiger partial charge on any atom is 0.312 e. The molecule has 0 aliphatic carbocycles. The van der Waals surface area contributed by atoms with Gasteiger partial charge in [-0.15, -0.1) is 0 Å². The van der Waals surface area contributed by atoms with E-state index >= 15 is 0 Å². The van der Waals surface area contributed by atoms with Gasteiger partial charge in [-0.1, -0.05) is 19.8 Å². The highest BCUT2D eigenvalue weighted by Gasteiger charge is 2.50. The second-order valence-electron chi connectivity index (χ2n) is 5.34. The lowest BCUT2D eigenvalue weighted by Gasteiger charge is -2.49. The average Bonchev–Trinajstić information content (AvgIpc) is 2.53. The van der Waals surface area contributed by atoms with Gasteiger partial charge in [0.1, 0.15) is 0 Å². The van der Waals surface area contributed by atoms with Gasteiger partial charge in [0.25, 0.3) is 0 Å². The molecule has 0 aromatic heterocycles. The largest absolute Gasteiger partial charge is 0.323 e. The Bertz CT molecular complexity index is 561. The van der Waals surface area contributed by atoms with Gasteiger partial charge >= 0.3 is 5.97 Å². The van der Waals surface area contributed by atoms with Crippen molar-refractivity contribution in [3.8, 4) is 6.07 Å². The molecule has 0 spiro atoms. The fourth-order valence-corrected chi connectivity index (χ4v) is 2.71. The molecule has 1 atom stereocenters. The van der Waals surface area contributed by atoms with Crippen LogP contribution < -0.4 is 0 Å². The summed E-state index contributed by atoms with van der Waals surface area (Å²) < 4.78 is 25.7. The third-order valence-corrected chi connectivity index (χ3v) is 3.92. The molecule has 4 nitrogen and oxygen atoms in total. The van der Waals surface area contributed by atoms with E-state index in [1.54, 1.807) is 12.1 Å². The number of rotatable bonds is 4. The zero-order valence-electron chi connectivity index (χ0n) is 12.6. The number of ether oxygens (including phenoxy) is 3. The minimum atomic E-state index is -1.27. The molecule has 20 heavy (non-hydrogen) atoms. The van der Waals surface area contributed by atoms with Crippen LogP contribution in [0.15, 0.2) is 24.2 Å². The quantitative estimate of drug-likeness (QED) is 0.847. The van der Waals surface area contributed by atoms with Gasteiger partial charge in [-0.05, 0) is 30.7 Å². The van der Waals surface area contributed by atoms with Crippen molar-refractivity contribution in [1.29, 1.82) is 5.26 Å². The van der Waals surface area contributed by atoms with Gasteiger partial charge in [0.15, 0.2) is 0 Å². The van der Waals surface area contributed by atoms with E-state index in [2.05, 4.69) is 6.92 Å². The third-order valence-electron chi connectivity index (χ3n) is 3.92. The first-order valence-electron chi connectivity index (χ1n) is 7.65. The average molecular weight is 275 g/mol. The maximum atomic E-state index is 8.90. The lowest BCUT2D eigenvalue weighted by molar-refractivity contribution is -0.479. The van der Waals surface area contributed by atoms with Crippen LogP contribution in [-0.4, -0.2) is 19.3 Å². The van der Waals surface area contributed by atoms with Gasteiger partial charge in [-0.2, -0.15) is 5.26 Å². The Morgan fingerprint density at radius 1 is 1.40 bits per heavy atom. The molecule has 3 aliphatic heterocycles. The Morgan fingerprint density at radius 3 is 2.85 bits per heavy atom. The number of unbranched alkanes of at least 4 members (excludes halogenated alkanes) is 1. The van der Waals surface area contributed by atoms with E-state index in [1.807, 2.05) is 6.07 Å². The summed E-state index contributed by atoms with van der Waals surface area (Å²) in [5, 5.41) is 8.90. The second-order valence-corrected chi connectivity index (χ2v) is 5.34. The Labute approximate surface area is 120 Å².